The number of carbonyl (C=O) groups excluding carboxylic acids is 1. The minimum Gasteiger partial charge on any atom is -0.494 e. The van der Waals surface area contributed by atoms with E-state index in [-0.39, 0.29) is 11.7 Å². The molecule has 8 nitrogen and oxygen atoms in total. The molecule has 0 bridgehead atoms. The summed E-state index contributed by atoms with van der Waals surface area (Å²) < 4.78 is 6.99. The number of amides is 1. The summed E-state index contributed by atoms with van der Waals surface area (Å²) >= 11 is 0. The molecule has 2 heterocycles. The summed E-state index contributed by atoms with van der Waals surface area (Å²) in [5.41, 5.74) is 1.51. The van der Waals surface area contributed by atoms with E-state index in [1.54, 1.807) is 0 Å². The van der Waals surface area contributed by atoms with Crippen LogP contribution in [0.15, 0.2) is 59.4 Å². The zero-order chi connectivity index (χ0) is 22.5. The molecule has 4 rings (SSSR count). The van der Waals surface area contributed by atoms with E-state index >= 15 is 0 Å². The Morgan fingerprint density at radius 1 is 1.09 bits per heavy atom. The van der Waals surface area contributed by atoms with Crippen LogP contribution in [0.2, 0.25) is 0 Å². The standard InChI is InChI=1S/C24H27N5O3/c1-3-32-20-13-11-19(12-14-20)28-15-16-29-23(31)21(26-27-24(28)29)22(30)25-17(2)9-10-18-7-5-4-6-8-18/h4-8,11-14,17H,3,9-10,15-16H2,1-2H3,(H,25,30). The van der Waals surface area contributed by atoms with Gasteiger partial charge in [-0.05, 0) is 56.5 Å². The van der Waals surface area contributed by atoms with Gasteiger partial charge >= 0.3 is 0 Å². The van der Waals surface area contributed by atoms with Gasteiger partial charge in [0, 0.05) is 24.8 Å². The Bertz CT molecular complexity index is 1130. The van der Waals surface area contributed by atoms with Crippen LogP contribution in [0.4, 0.5) is 11.6 Å². The summed E-state index contributed by atoms with van der Waals surface area (Å²) in [4.78, 5) is 27.5. The summed E-state index contributed by atoms with van der Waals surface area (Å²) in [6.45, 7) is 5.48. The number of nitrogens with zero attached hydrogens (tertiary/aromatic N) is 4. The van der Waals surface area contributed by atoms with Crippen molar-refractivity contribution in [3.63, 3.8) is 0 Å². The molecule has 0 saturated heterocycles. The van der Waals surface area contributed by atoms with E-state index in [2.05, 4.69) is 27.6 Å². The maximum Gasteiger partial charge on any atom is 0.286 e. The highest BCUT2D eigenvalue weighted by atomic mass is 16.5. The molecule has 0 fully saturated rings. The third kappa shape index (κ3) is 4.64. The van der Waals surface area contributed by atoms with Gasteiger partial charge in [0.15, 0.2) is 0 Å². The molecule has 1 aromatic heterocycles. The molecule has 0 aliphatic carbocycles. The summed E-state index contributed by atoms with van der Waals surface area (Å²) in [5, 5.41) is 11.1. The Balaban J connectivity index is 1.44. The van der Waals surface area contributed by atoms with Gasteiger partial charge in [-0.2, -0.15) is 0 Å². The smallest absolute Gasteiger partial charge is 0.286 e. The second-order valence-electron chi connectivity index (χ2n) is 7.78. The van der Waals surface area contributed by atoms with Crippen LogP contribution in [0.3, 0.4) is 0 Å². The Morgan fingerprint density at radius 3 is 2.56 bits per heavy atom. The van der Waals surface area contributed by atoms with E-state index in [0.29, 0.717) is 25.6 Å². The third-order valence-corrected chi connectivity index (χ3v) is 5.48. The van der Waals surface area contributed by atoms with Crippen molar-refractivity contribution < 1.29 is 9.53 Å². The fraction of sp³-hybridized carbons (Fsp3) is 0.333. The van der Waals surface area contributed by atoms with Gasteiger partial charge in [-0.1, -0.05) is 30.3 Å². The van der Waals surface area contributed by atoms with E-state index in [1.165, 1.54) is 10.1 Å². The largest absolute Gasteiger partial charge is 0.494 e. The number of rotatable bonds is 8. The van der Waals surface area contributed by atoms with E-state index in [9.17, 15) is 9.59 Å². The summed E-state index contributed by atoms with van der Waals surface area (Å²) in [5.74, 6) is 0.734. The van der Waals surface area contributed by atoms with E-state index < -0.39 is 11.5 Å². The first-order valence-corrected chi connectivity index (χ1v) is 10.9. The number of aromatic nitrogens is 3. The molecular formula is C24H27N5O3. The predicted molar refractivity (Wildman–Crippen MR) is 123 cm³/mol. The SMILES string of the molecule is CCOc1ccc(N2CCn3c2nnc(C(=O)NC(C)CCc2ccccc2)c3=O)cc1. The number of benzene rings is 2. The zero-order valence-corrected chi connectivity index (χ0v) is 18.3. The lowest BCUT2D eigenvalue weighted by atomic mass is 10.1. The van der Waals surface area contributed by atoms with Crippen molar-refractivity contribution in [2.45, 2.75) is 39.3 Å². The number of fused-ring (bicyclic) bond motifs is 1. The topological polar surface area (TPSA) is 89.3 Å². The Hall–Kier alpha value is -3.68. The second kappa shape index (κ2) is 9.64. The Kier molecular flexibility index (Phi) is 6.49. The highest BCUT2D eigenvalue weighted by Gasteiger charge is 2.27. The lowest BCUT2D eigenvalue weighted by Crippen LogP contribution is -2.39. The molecule has 3 aromatic rings. The van der Waals surface area contributed by atoms with Crippen LogP contribution >= 0.6 is 0 Å². The highest BCUT2D eigenvalue weighted by Crippen LogP contribution is 2.28. The molecule has 0 spiro atoms. The molecule has 1 atom stereocenters. The van der Waals surface area contributed by atoms with Crippen LogP contribution in [0, 0.1) is 0 Å². The molecule has 166 valence electrons. The van der Waals surface area contributed by atoms with Crippen molar-refractivity contribution in [2.75, 3.05) is 18.1 Å². The number of nitrogens with one attached hydrogen (secondary N) is 1. The Labute approximate surface area is 186 Å². The highest BCUT2D eigenvalue weighted by molar-refractivity contribution is 5.92. The number of hydrogen-bond donors (Lipinski definition) is 1. The number of hydrogen-bond acceptors (Lipinski definition) is 6. The van der Waals surface area contributed by atoms with Crippen molar-refractivity contribution in [3.8, 4) is 5.75 Å². The molecule has 1 aliphatic rings. The third-order valence-electron chi connectivity index (χ3n) is 5.48. The molecule has 0 radical (unpaired) electrons. The lowest BCUT2D eigenvalue weighted by molar-refractivity contribution is 0.0930. The van der Waals surface area contributed by atoms with Crippen LogP contribution in [0.1, 0.15) is 36.3 Å². The average Bonchev–Trinajstić information content (AvgIpc) is 3.24. The van der Waals surface area contributed by atoms with Gasteiger partial charge in [-0.25, -0.2) is 0 Å². The van der Waals surface area contributed by atoms with E-state index in [1.807, 2.05) is 61.2 Å². The monoisotopic (exact) mass is 433 g/mol. The summed E-state index contributed by atoms with van der Waals surface area (Å²) in [6, 6.07) is 17.6. The average molecular weight is 434 g/mol. The summed E-state index contributed by atoms with van der Waals surface area (Å²) in [7, 11) is 0. The van der Waals surface area contributed by atoms with Crippen LogP contribution in [0.5, 0.6) is 5.75 Å². The number of aryl methyl sites for hydroxylation is 1. The van der Waals surface area contributed by atoms with Gasteiger partial charge in [0.25, 0.3) is 11.5 Å². The van der Waals surface area contributed by atoms with Crippen LogP contribution in [-0.4, -0.2) is 39.9 Å². The fourth-order valence-electron chi connectivity index (χ4n) is 3.78. The normalized spacial score (nSPS) is 13.5. The summed E-state index contributed by atoms with van der Waals surface area (Å²) in [6.07, 6.45) is 1.61. The first-order chi connectivity index (χ1) is 15.6. The molecule has 1 N–H and O–H groups in total. The second-order valence-corrected chi connectivity index (χ2v) is 7.78. The number of ether oxygens (including phenoxy) is 1. The zero-order valence-electron chi connectivity index (χ0n) is 18.3. The maximum atomic E-state index is 12.9. The minimum atomic E-state index is -0.488. The maximum absolute atomic E-state index is 12.9. The first-order valence-electron chi connectivity index (χ1n) is 10.9. The van der Waals surface area contributed by atoms with E-state index in [0.717, 1.165) is 24.3 Å². The quantitative estimate of drug-likeness (QED) is 0.588. The van der Waals surface area contributed by atoms with Gasteiger partial charge in [-0.3, -0.25) is 14.2 Å². The van der Waals surface area contributed by atoms with Crippen molar-refractivity contribution in [3.05, 3.63) is 76.2 Å². The van der Waals surface area contributed by atoms with Gasteiger partial charge in [0.1, 0.15) is 5.75 Å². The van der Waals surface area contributed by atoms with Gasteiger partial charge in [0.05, 0.1) is 6.61 Å². The molecule has 1 unspecified atom stereocenters. The lowest BCUT2D eigenvalue weighted by Gasteiger charge is -2.17. The first kappa shape index (κ1) is 21.5. The molecule has 8 heteroatoms. The van der Waals surface area contributed by atoms with Crippen molar-refractivity contribution >= 4 is 17.5 Å². The van der Waals surface area contributed by atoms with E-state index in [4.69, 9.17) is 4.74 Å². The van der Waals surface area contributed by atoms with Crippen LogP contribution in [-0.2, 0) is 13.0 Å². The molecule has 2 aromatic carbocycles. The number of anilines is 2. The van der Waals surface area contributed by atoms with Crippen molar-refractivity contribution in [1.29, 1.82) is 0 Å². The van der Waals surface area contributed by atoms with Gasteiger partial charge in [-0.15, -0.1) is 10.2 Å². The fourth-order valence-corrected chi connectivity index (χ4v) is 3.78. The van der Waals surface area contributed by atoms with Gasteiger partial charge < -0.3 is 15.0 Å². The molecular weight excluding hydrogens is 406 g/mol. The minimum absolute atomic E-state index is 0.0949. The molecule has 0 saturated carbocycles. The van der Waals surface area contributed by atoms with Gasteiger partial charge in [0.2, 0.25) is 11.6 Å². The molecule has 1 amide bonds. The van der Waals surface area contributed by atoms with Crippen LogP contribution < -0.4 is 20.5 Å². The number of carbonyl (C=O) groups is 1. The molecule has 32 heavy (non-hydrogen) atoms. The molecule has 1 aliphatic heterocycles. The van der Waals surface area contributed by atoms with Crippen molar-refractivity contribution in [2.24, 2.45) is 0 Å². The Morgan fingerprint density at radius 2 is 1.84 bits per heavy atom. The predicted octanol–water partition coefficient (Wildman–Crippen LogP) is 2.94. The van der Waals surface area contributed by atoms with Crippen molar-refractivity contribution in [1.82, 2.24) is 20.1 Å². The van der Waals surface area contributed by atoms with Crippen LogP contribution in [0.25, 0.3) is 0 Å².